The Balaban J connectivity index is 2.73. The Labute approximate surface area is 98.8 Å². The van der Waals surface area contributed by atoms with Crippen LogP contribution in [0.3, 0.4) is 0 Å². The molecule has 0 amide bonds. The third-order valence-electron chi connectivity index (χ3n) is 2.38. The molecule has 0 radical (unpaired) electrons. The number of cyclic esters (lactones) is 1. The summed E-state index contributed by atoms with van der Waals surface area (Å²) in [6.45, 7) is 0.111. The lowest BCUT2D eigenvalue weighted by molar-refractivity contribution is -0.153. The summed E-state index contributed by atoms with van der Waals surface area (Å²) in [7, 11) is 3.06. The molecule has 6 heteroatoms. The van der Waals surface area contributed by atoms with Gasteiger partial charge in [-0.15, -0.1) is 23.2 Å². The molecule has 0 N–H and O–H groups in total. The van der Waals surface area contributed by atoms with Crippen LogP contribution in [0, 0.1) is 0 Å². The van der Waals surface area contributed by atoms with Gasteiger partial charge in [-0.2, -0.15) is 0 Å². The molecule has 0 aliphatic carbocycles. The summed E-state index contributed by atoms with van der Waals surface area (Å²) in [4.78, 5) is 11.3. The number of esters is 1. The van der Waals surface area contributed by atoms with Crippen LogP contribution in [0.5, 0.6) is 0 Å². The molecular formula is C9H14Cl2O4. The molecule has 0 aromatic carbocycles. The standard InChI is InChI=1S/C9H14Cl2O4/c1-13-7-4-15-9(12)6(11)3-5(10)8(7)14-2/h5-8H,3-4H2,1-2H3/t5-,6+,7+,8-/m0/s1. The molecule has 4 atom stereocenters. The highest BCUT2D eigenvalue weighted by Gasteiger charge is 2.36. The summed E-state index contributed by atoms with van der Waals surface area (Å²) in [6.07, 6.45) is -0.378. The van der Waals surface area contributed by atoms with E-state index in [1.54, 1.807) is 7.11 Å². The van der Waals surface area contributed by atoms with Crippen molar-refractivity contribution in [2.24, 2.45) is 0 Å². The molecule has 1 aliphatic rings. The van der Waals surface area contributed by atoms with Crippen molar-refractivity contribution < 1.29 is 19.0 Å². The Morgan fingerprint density at radius 2 is 2.00 bits per heavy atom. The molecule has 1 heterocycles. The van der Waals surface area contributed by atoms with Crippen LogP contribution in [0.2, 0.25) is 0 Å². The maximum Gasteiger partial charge on any atom is 0.324 e. The van der Waals surface area contributed by atoms with Crippen molar-refractivity contribution in [3.63, 3.8) is 0 Å². The maximum absolute atomic E-state index is 11.3. The van der Waals surface area contributed by atoms with E-state index in [4.69, 9.17) is 37.4 Å². The van der Waals surface area contributed by atoms with E-state index in [0.717, 1.165) is 0 Å². The first-order chi connectivity index (χ1) is 7.10. The number of alkyl halides is 2. The Morgan fingerprint density at radius 1 is 1.33 bits per heavy atom. The zero-order valence-corrected chi connectivity index (χ0v) is 10.1. The molecule has 4 nitrogen and oxygen atoms in total. The number of halogens is 2. The van der Waals surface area contributed by atoms with Gasteiger partial charge in [0.25, 0.3) is 0 Å². The van der Waals surface area contributed by atoms with Gasteiger partial charge in [0.15, 0.2) is 0 Å². The Bertz CT molecular complexity index is 224. The fraction of sp³-hybridized carbons (Fsp3) is 0.889. The highest BCUT2D eigenvalue weighted by molar-refractivity contribution is 6.31. The predicted molar refractivity (Wildman–Crippen MR) is 56.5 cm³/mol. The number of carbonyl (C=O) groups is 1. The minimum atomic E-state index is -0.719. The van der Waals surface area contributed by atoms with Crippen molar-refractivity contribution in [3.8, 4) is 0 Å². The summed E-state index contributed by atoms with van der Waals surface area (Å²) < 4.78 is 15.3. The lowest BCUT2D eigenvalue weighted by Crippen LogP contribution is -2.45. The summed E-state index contributed by atoms with van der Waals surface area (Å²) in [5.74, 6) is -0.459. The first-order valence-electron chi connectivity index (χ1n) is 4.60. The molecule has 0 aromatic heterocycles. The van der Waals surface area contributed by atoms with Crippen LogP contribution in [0.15, 0.2) is 0 Å². The van der Waals surface area contributed by atoms with Gasteiger partial charge in [0.2, 0.25) is 0 Å². The van der Waals surface area contributed by atoms with E-state index < -0.39 is 11.3 Å². The summed E-state index contributed by atoms with van der Waals surface area (Å²) in [5.41, 5.74) is 0. The number of hydrogen-bond acceptors (Lipinski definition) is 4. The lowest BCUT2D eigenvalue weighted by Gasteiger charge is -2.31. The van der Waals surface area contributed by atoms with Crippen molar-refractivity contribution >= 4 is 29.2 Å². The van der Waals surface area contributed by atoms with Gasteiger partial charge in [-0.1, -0.05) is 0 Å². The van der Waals surface area contributed by atoms with Crippen LogP contribution in [0.1, 0.15) is 6.42 Å². The first kappa shape index (κ1) is 13.0. The normalized spacial score (nSPS) is 38.0. The highest BCUT2D eigenvalue weighted by atomic mass is 35.5. The van der Waals surface area contributed by atoms with E-state index in [9.17, 15) is 4.79 Å². The molecule has 0 spiro atoms. The Hall–Kier alpha value is -0.0300. The Morgan fingerprint density at radius 3 is 2.53 bits per heavy atom. The largest absolute Gasteiger partial charge is 0.462 e. The molecule has 1 aliphatic heterocycles. The molecule has 1 saturated heterocycles. The minimum Gasteiger partial charge on any atom is -0.462 e. The van der Waals surface area contributed by atoms with Gasteiger partial charge in [-0.25, -0.2) is 0 Å². The average Bonchev–Trinajstić information content (AvgIpc) is 2.21. The van der Waals surface area contributed by atoms with Crippen molar-refractivity contribution in [2.45, 2.75) is 29.4 Å². The summed E-state index contributed by atoms with van der Waals surface area (Å²) >= 11 is 11.9. The van der Waals surface area contributed by atoms with E-state index in [1.165, 1.54) is 7.11 Å². The number of carbonyl (C=O) groups excluding carboxylic acids is 1. The van der Waals surface area contributed by atoms with Crippen molar-refractivity contribution in [1.82, 2.24) is 0 Å². The maximum atomic E-state index is 11.3. The number of hydrogen-bond donors (Lipinski definition) is 0. The van der Waals surface area contributed by atoms with Crippen LogP contribution in [-0.4, -0.2) is 49.8 Å². The Kier molecular flexibility index (Phi) is 5.12. The van der Waals surface area contributed by atoms with Gasteiger partial charge in [0, 0.05) is 14.2 Å². The second kappa shape index (κ2) is 5.89. The molecule has 0 aromatic rings. The first-order valence-corrected chi connectivity index (χ1v) is 5.47. The van der Waals surface area contributed by atoms with Gasteiger partial charge in [-0.3, -0.25) is 4.79 Å². The smallest absolute Gasteiger partial charge is 0.324 e. The minimum absolute atomic E-state index is 0.111. The second-order valence-corrected chi connectivity index (χ2v) is 4.41. The molecule has 88 valence electrons. The van der Waals surface area contributed by atoms with Crippen LogP contribution < -0.4 is 0 Å². The number of ether oxygens (including phenoxy) is 3. The fourth-order valence-corrected chi connectivity index (χ4v) is 2.30. The quantitative estimate of drug-likeness (QED) is 0.550. The van der Waals surface area contributed by atoms with Crippen LogP contribution in [0.4, 0.5) is 0 Å². The lowest BCUT2D eigenvalue weighted by atomic mass is 10.0. The highest BCUT2D eigenvalue weighted by Crippen LogP contribution is 2.23. The molecule has 0 bridgehead atoms. The molecule has 0 unspecified atom stereocenters. The average molecular weight is 257 g/mol. The topological polar surface area (TPSA) is 44.8 Å². The van der Waals surface area contributed by atoms with Gasteiger partial charge in [0.1, 0.15) is 24.2 Å². The molecule has 1 rings (SSSR count). The third-order valence-corrected chi connectivity index (χ3v) is 3.16. The van der Waals surface area contributed by atoms with Gasteiger partial charge >= 0.3 is 5.97 Å². The zero-order chi connectivity index (χ0) is 11.4. The van der Waals surface area contributed by atoms with Crippen molar-refractivity contribution in [1.29, 1.82) is 0 Å². The van der Waals surface area contributed by atoms with Crippen LogP contribution >= 0.6 is 23.2 Å². The van der Waals surface area contributed by atoms with E-state index in [0.29, 0.717) is 6.42 Å². The van der Waals surface area contributed by atoms with E-state index in [1.807, 2.05) is 0 Å². The second-order valence-electron chi connectivity index (χ2n) is 3.32. The SMILES string of the molecule is CO[C@H]1[C@@H](Cl)C[C@@H](Cl)C(=O)OC[C@H]1OC. The predicted octanol–water partition coefficient (Wildman–Crippen LogP) is 1.18. The zero-order valence-electron chi connectivity index (χ0n) is 8.61. The van der Waals surface area contributed by atoms with E-state index >= 15 is 0 Å². The number of rotatable bonds is 2. The summed E-state index contributed by atoms with van der Waals surface area (Å²) in [5, 5.41) is -1.08. The van der Waals surface area contributed by atoms with Gasteiger partial charge in [-0.05, 0) is 6.42 Å². The van der Waals surface area contributed by atoms with Crippen molar-refractivity contribution in [2.75, 3.05) is 20.8 Å². The fourth-order valence-electron chi connectivity index (χ4n) is 1.51. The van der Waals surface area contributed by atoms with E-state index in [2.05, 4.69) is 0 Å². The molecule has 15 heavy (non-hydrogen) atoms. The van der Waals surface area contributed by atoms with Gasteiger partial charge < -0.3 is 14.2 Å². The molecular weight excluding hydrogens is 243 g/mol. The molecule has 0 saturated carbocycles. The van der Waals surface area contributed by atoms with E-state index in [-0.39, 0.29) is 24.2 Å². The summed E-state index contributed by atoms with van der Waals surface area (Å²) in [6, 6.07) is 0. The van der Waals surface area contributed by atoms with Gasteiger partial charge in [0.05, 0.1) is 5.38 Å². The third kappa shape index (κ3) is 3.21. The van der Waals surface area contributed by atoms with Crippen molar-refractivity contribution in [3.05, 3.63) is 0 Å². The van der Waals surface area contributed by atoms with Crippen LogP contribution in [0.25, 0.3) is 0 Å². The molecule has 1 fully saturated rings. The number of methoxy groups -OCH3 is 2. The monoisotopic (exact) mass is 256 g/mol. The van der Waals surface area contributed by atoms with Crippen LogP contribution in [-0.2, 0) is 19.0 Å².